The van der Waals surface area contributed by atoms with Crippen molar-refractivity contribution in [3.63, 3.8) is 0 Å². The van der Waals surface area contributed by atoms with Crippen molar-refractivity contribution in [2.75, 3.05) is 7.11 Å². The number of benzene rings is 1. The highest BCUT2D eigenvalue weighted by Gasteiger charge is 2.14. The number of halogens is 1. The lowest BCUT2D eigenvalue weighted by Crippen LogP contribution is -2.16. The molecule has 0 atom stereocenters. The standard InChI is InChI=1S/C14H19BrO2/c1-16-14-8-7-12(15)9-11(14)10-17-13-5-3-2-4-6-13/h7-9,13H,2-6,10H2,1H3. The molecule has 0 heterocycles. The molecule has 1 aromatic carbocycles. The maximum Gasteiger partial charge on any atom is 0.124 e. The van der Waals surface area contributed by atoms with Gasteiger partial charge in [-0.25, -0.2) is 0 Å². The van der Waals surface area contributed by atoms with E-state index >= 15 is 0 Å². The molecule has 3 heteroatoms. The first-order valence-electron chi connectivity index (χ1n) is 6.23. The molecule has 0 bridgehead atoms. The summed E-state index contributed by atoms with van der Waals surface area (Å²) in [5, 5.41) is 0. The van der Waals surface area contributed by atoms with Crippen LogP contribution in [0.1, 0.15) is 37.7 Å². The fraction of sp³-hybridized carbons (Fsp3) is 0.571. The van der Waals surface area contributed by atoms with Gasteiger partial charge in [0.15, 0.2) is 0 Å². The molecule has 0 unspecified atom stereocenters. The summed E-state index contributed by atoms with van der Waals surface area (Å²) in [5.41, 5.74) is 1.12. The maximum atomic E-state index is 5.97. The summed E-state index contributed by atoms with van der Waals surface area (Å²) < 4.78 is 12.4. The Morgan fingerprint density at radius 2 is 2.00 bits per heavy atom. The molecule has 0 aliphatic heterocycles. The van der Waals surface area contributed by atoms with Crippen LogP contribution in [0, 0.1) is 0 Å². The first kappa shape index (κ1) is 12.9. The summed E-state index contributed by atoms with van der Waals surface area (Å²) in [7, 11) is 1.70. The Morgan fingerprint density at radius 1 is 1.24 bits per heavy atom. The van der Waals surface area contributed by atoms with Gasteiger partial charge in [-0.15, -0.1) is 0 Å². The lowest BCUT2D eigenvalue weighted by atomic mass is 9.98. The average Bonchev–Trinajstić information content (AvgIpc) is 2.38. The Bertz CT molecular complexity index is 359. The minimum absolute atomic E-state index is 0.437. The summed E-state index contributed by atoms with van der Waals surface area (Å²) in [4.78, 5) is 0. The molecular formula is C14H19BrO2. The van der Waals surface area contributed by atoms with Crippen LogP contribution in [0.2, 0.25) is 0 Å². The highest BCUT2D eigenvalue weighted by atomic mass is 79.9. The molecule has 94 valence electrons. The third-order valence-corrected chi connectivity index (χ3v) is 3.76. The van der Waals surface area contributed by atoms with Crippen molar-refractivity contribution >= 4 is 15.9 Å². The van der Waals surface area contributed by atoms with Gasteiger partial charge in [-0.05, 0) is 31.0 Å². The third kappa shape index (κ3) is 3.71. The Morgan fingerprint density at radius 3 is 2.71 bits per heavy atom. The van der Waals surface area contributed by atoms with E-state index < -0.39 is 0 Å². The van der Waals surface area contributed by atoms with E-state index in [1.807, 2.05) is 12.1 Å². The summed E-state index contributed by atoms with van der Waals surface area (Å²) >= 11 is 3.48. The molecule has 2 rings (SSSR count). The van der Waals surface area contributed by atoms with E-state index in [0.29, 0.717) is 12.7 Å². The maximum absolute atomic E-state index is 5.97. The molecule has 17 heavy (non-hydrogen) atoms. The summed E-state index contributed by atoms with van der Waals surface area (Å²) in [5.74, 6) is 0.906. The molecule has 0 N–H and O–H groups in total. The van der Waals surface area contributed by atoms with Gasteiger partial charge in [0.2, 0.25) is 0 Å². The number of rotatable bonds is 4. The van der Waals surface area contributed by atoms with Crippen LogP contribution in [0.4, 0.5) is 0 Å². The van der Waals surface area contributed by atoms with Gasteiger partial charge in [-0.1, -0.05) is 35.2 Å². The molecular weight excluding hydrogens is 280 g/mol. The van der Waals surface area contributed by atoms with Crippen molar-refractivity contribution < 1.29 is 9.47 Å². The van der Waals surface area contributed by atoms with Crippen molar-refractivity contribution in [1.82, 2.24) is 0 Å². The minimum Gasteiger partial charge on any atom is -0.496 e. The monoisotopic (exact) mass is 298 g/mol. The second kappa shape index (κ2) is 6.41. The second-order valence-corrected chi connectivity index (χ2v) is 5.44. The van der Waals surface area contributed by atoms with Crippen molar-refractivity contribution in [2.45, 2.75) is 44.8 Å². The molecule has 0 amide bonds. The van der Waals surface area contributed by atoms with Crippen molar-refractivity contribution in [1.29, 1.82) is 0 Å². The molecule has 1 aromatic rings. The first-order chi connectivity index (χ1) is 8.29. The number of ether oxygens (including phenoxy) is 2. The van der Waals surface area contributed by atoms with Gasteiger partial charge in [0.05, 0.1) is 19.8 Å². The molecule has 2 nitrogen and oxygen atoms in total. The molecule has 0 radical (unpaired) electrons. The predicted octanol–water partition coefficient (Wildman–Crippen LogP) is 4.31. The van der Waals surface area contributed by atoms with Gasteiger partial charge < -0.3 is 9.47 Å². The van der Waals surface area contributed by atoms with Crippen molar-refractivity contribution in [3.8, 4) is 5.75 Å². The van der Waals surface area contributed by atoms with Crippen LogP contribution in [-0.4, -0.2) is 13.2 Å². The van der Waals surface area contributed by atoms with E-state index in [1.54, 1.807) is 7.11 Å². The molecule has 0 aromatic heterocycles. The summed E-state index contributed by atoms with van der Waals surface area (Å²) in [6, 6.07) is 6.04. The van der Waals surface area contributed by atoms with E-state index in [1.165, 1.54) is 32.1 Å². The molecule has 0 saturated heterocycles. The Balaban J connectivity index is 1.95. The minimum atomic E-state index is 0.437. The summed E-state index contributed by atoms with van der Waals surface area (Å²) in [6.45, 7) is 0.646. The van der Waals surface area contributed by atoms with Gasteiger partial charge in [0, 0.05) is 10.0 Å². The molecule has 1 fully saturated rings. The van der Waals surface area contributed by atoms with Crippen molar-refractivity contribution in [3.05, 3.63) is 28.2 Å². The fourth-order valence-corrected chi connectivity index (χ4v) is 2.71. The van der Waals surface area contributed by atoms with E-state index in [2.05, 4.69) is 22.0 Å². The number of methoxy groups -OCH3 is 1. The zero-order valence-corrected chi connectivity index (χ0v) is 11.8. The van der Waals surface area contributed by atoms with Gasteiger partial charge >= 0.3 is 0 Å². The highest BCUT2D eigenvalue weighted by molar-refractivity contribution is 9.10. The van der Waals surface area contributed by atoms with E-state index in [4.69, 9.17) is 9.47 Å². The average molecular weight is 299 g/mol. The van der Waals surface area contributed by atoms with E-state index in [-0.39, 0.29) is 0 Å². The predicted molar refractivity (Wildman–Crippen MR) is 72.4 cm³/mol. The topological polar surface area (TPSA) is 18.5 Å². The quantitative estimate of drug-likeness (QED) is 0.825. The van der Waals surface area contributed by atoms with E-state index in [9.17, 15) is 0 Å². The van der Waals surface area contributed by atoms with Crippen LogP contribution in [0.15, 0.2) is 22.7 Å². The lowest BCUT2D eigenvalue weighted by molar-refractivity contribution is 0.0160. The van der Waals surface area contributed by atoms with E-state index in [0.717, 1.165) is 15.8 Å². The van der Waals surface area contributed by atoms with Gasteiger partial charge in [0.25, 0.3) is 0 Å². The van der Waals surface area contributed by atoms with Crippen LogP contribution in [-0.2, 0) is 11.3 Å². The van der Waals surface area contributed by atoms with Gasteiger partial charge in [0.1, 0.15) is 5.75 Å². The van der Waals surface area contributed by atoms with Crippen LogP contribution in [0.25, 0.3) is 0 Å². The summed E-state index contributed by atoms with van der Waals surface area (Å²) in [6.07, 6.45) is 6.82. The zero-order chi connectivity index (χ0) is 12.1. The van der Waals surface area contributed by atoms with Crippen LogP contribution >= 0.6 is 15.9 Å². The largest absolute Gasteiger partial charge is 0.496 e. The Hall–Kier alpha value is -0.540. The van der Waals surface area contributed by atoms with Crippen LogP contribution in [0.3, 0.4) is 0 Å². The SMILES string of the molecule is COc1ccc(Br)cc1COC1CCCCC1. The number of hydrogen-bond donors (Lipinski definition) is 0. The molecule has 1 saturated carbocycles. The van der Waals surface area contributed by atoms with Gasteiger partial charge in [-0.2, -0.15) is 0 Å². The zero-order valence-electron chi connectivity index (χ0n) is 10.2. The number of hydrogen-bond acceptors (Lipinski definition) is 2. The van der Waals surface area contributed by atoms with Crippen molar-refractivity contribution in [2.24, 2.45) is 0 Å². The van der Waals surface area contributed by atoms with Crippen LogP contribution < -0.4 is 4.74 Å². The smallest absolute Gasteiger partial charge is 0.124 e. The molecule has 1 aliphatic carbocycles. The Kier molecular flexibility index (Phi) is 4.86. The second-order valence-electron chi connectivity index (χ2n) is 4.53. The Labute approximate surface area is 111 Å². The molecule has 1 aliphatic rings. The third-order valence-electron chi connectivity index (χ3n) is 3.27. The molecule has 0 spiro atoms. The fourth-order valence-electron chi connectivity index (χ4n) is 2.30. The normalized spacial score (nSPS) is 17.1. The first-order valence-corrected chi connectivity index (χ1v) is 7.03. The highest BCUT2D eigenvalue weighted by Crippen LogP contribution is 2.26. The van der Waals surface area contributed by atoms with Crippen LogP contribution in [0.5, 0.6) is 5.75 Å². The lowest BCUT2D eigenvalue weighted by Gasteiger charge is -2.22. The van der Waals surface area contributed by atoms with Gasteiger partial charge in [-0.3, -0.25) is 0 Å².